The van der Waals surface area contributed by atoms with Crippen molar-refractivity contribution in [2.45, 2.75) is 38.1 Å². The third-order valence-corrected chi connectivity index (χ3v) is 3.30. The Morgan fingerprint density at radius 1 is 1.13 bits per heavy atom. The van der Waals surface area contributed by atoms with Gasteiger partial charge in [-0.3, -0.25) is 0 Å². The van der Waals surface area contributed by atoms with Crippen LogP contribution in [0.2, 0.25) is 0 Å². The van der Waals surface area contributed by atoms with Crippen LogP contribution in [-0.4, -0.2) is 14.5 Å². The minimum absolute atomic E-state index is 0.624. The maximum Gasteiger partial charge on any atom is 0.160 e. The lowest BCUT2D eigenvalue weighted by Crippen LogP contribution is -2.12. The van der Waals surface area contributed by atoms with Crippen molar-refractivity contribution in [1.82, 2.24) is 14.5 Å². The molecule has 3 heteroatoms. The molecular formula is C12H15N3. The van der Waals surface area contributed by atoms with E-state index in [4.69, 9.17) is 0 Å². The van der Waals surface area contributed by atoms with Crippen LogP contribution in [0.25, 0.3) is 11.2 Å². The summed E-state index contributed by atoms with van der Waals surface area (Å²) in [5.41, 5.74) is 2.06. The number of nitrogens with zero attached hydrogens (tertiary/aromatic N) is 3. The summed E-state index contributed by atoms with van der Waals surface area (Å²) in [6.07, 6.45) is 10.4. The molecule has 1 saturated carbocycles. The van der Waals surface area contributed by atoms with Crippen LogP contribution in [0, 0.1) is 0 Å². The van der Waals surface area contributed by atoms with E-state index >= 15 is 0 Å². The lowest BCUT2D eigenvalue weighted by Gasteiger charge is -2.22. The summed E-state index contributed by atoms with van der Waals surface area (Å²) in [5.74, 6) is 0. The first-order valence-electron chi connectivity index (χ1n) is 5.73. The quantitative estimate of drug-likeness (QED) is 0.710. The minimum atomic E-state index is 0.624. The summed E-state index contributed by atoms with van der Waals surface area (Å²) in [6.45, 7) is 0. The molecule has 0 aromatic carbocycles. The Kier molecular flexibility index (Phi) is 2.16. The zero-order chi connectivity index (χ0) is 10.1. The second-order valence-corrected chi connectivity index (χ2v) is 4.29. The highest BCUT2D eigenvalue weighted by molar-refractivity contribution is 5.70. The molecule has 0 saturated heterocycles. The Labute approximate surface area is 89.2 Å². The first-order valence-corrected chi connectivity index (χ1v) is 5.73. The van der Waals surface area contributed by atoms with E-state index in [0.29, 0.717) is 6.04 Å². The predicted octanol–water partition coefficient (Wildman–Crippen LogP) is 2.94. The van der Waals surface area contributed by atoms with Gasteiger partial charge < -0.3 is 4.57 Å². The van der Waals surface area contributed by atoms with Crippen LogP contribution < -0.4 is 0 Å². The maximum absolute atomic E-state index is 4.42. The highest BCUT2D eigenvalue weighted by Crippen LogP contribution is 2.29. The third kappa shape index (κ3) is 1.52. The average molecular weight is 201 g/mol. The van der Waals surface area contributed by atoms with E-state index < -0.39 is 0 Å². The van der Waals surface area contributed by atoms with Crippen LogP contribution in [0.1, 0.15) is 38.1 Å². The van der Waals surface area contributed by atoms with E-state index in [2.05, 4.69) is 14.5 Å². The molecule has 2 aromatic heterocycles. The van der Waals surface area contributed by atoms with Gasteiger partial charge in [0.25, 0.3) is 0 Å². The van der Waals surface area contributed by atoms with Crippen molar-refractivity contribution in [1.29, 1.82) is 0 Å². The molecule has 1 aliphatic carbocycles. The van der Waals surface area contributed by atoms with Gasteiger partial charge in [-0.1, -0.05) is 19.3 Å². The van der Waals surface area contributed by atoms with Crippen LogP contribution >= 0.6 is 0 Å². The molecule has 0 unspecified atom stereocenters. The van der Waals surface area contributed by atoms with Gasteiger partial charge in [0.1, 0.15) is 5.52 Å². The van der Waals surface area contributed by atoms with E-state index in [-0.39, 0.29) is 0 Å². The van der Waals surface area contributed by atoms with E-state index in [1.54, 1.807) is 0 Å². The number of fused-ring (bicyclic) bond motifs is 1. The maximum atomic E-state index is 4.42. The first kappa shape index (κ1) is 8.89. The second kappa shape index (κ2) is 3.65. The third-order valence-electron chi connectivity index (χ3n) is 3.30. The lowest BCUT2D eigenvalue weighted by atomic mass is 9.95. The highest BCUT2D eigenvalue weighted by Gasteiger charge is 2.17. The summed E-state index contributed by atoms with van der Waals surface area (Å²) < 4.78 is 2.26. The Hall–Kier alpha value is -1.38. The van der Waals surface area contributed by atoms with Crippen LogP contribution in [0.5, 0.6) is 0 Å². The number of hydrogen-bond acceptors (Lipinski definition) is 2. The SMILES string of the molecule is c1cnc2c(c1)ncn2C1CCCCC1. The summed E-state index contributed by atoms with van der Waals surface area (Å²) >= 11 is 0. The zero-order valence-corrected chi connectivity index (χ0v) is 8.76. The summed E-state index contributed by atoms with van der Waals surface area (Å²) in [5, 5.41) is 0. The number of aromatic nitrogens is 3. The highest BCUT2D eigenvalue weighted by atomic mass is 15.1. The van der Waals surface area contributed by atoms with Gasteiger partial charge in [0.05, 0.1) is 6.33 Å². The number of pyridine rings is 1. The molecule has 0 spiro atoms. The van der Waals surface area contributed by atoms with E-state index in [1.807, 2.05) is 24.7 Å². The summed E-state index contributed by atoms with van der Waals surface area (Å²) in [6, 6.07) is 4.60. The zero-order valence-electron chi connectivity index (χ0n) is 8.76. The fraction of sp³-hybridized carbons (Fsp3) is 0.500. The Bertz CT molecular complexity index is 455. The molecule has 0 atom stereocenters. The van der Waals surface area contributed by atoms with Crippen molar-refractivity contribution in [3.63, 3.8) is 0 Å². The standard InChI is InChI=1S/C12H15N3/c1-2-5-10(6-3-1)15-9-14-11-7-4-8-13-12(11)15/h4,7-10H,1-3,5-6H2. The summed E-state index contributed by atoms with van der Waals surface area (Å²) in [7, 11) is 0. The molecule has 0 N–H and O–H groups in total. The Morgan fingerprint density at radius 3 is 2.87 bits per heavy atom. The Morgan fingerprint density at radius 2 is 2.00 bits per heavy atom. The monoisotopic (exact) mass is 201 g/mol. The largest absolute Gasteiger partial charge is 0.312 e. The van der Waals surface area contributed by atoms with Gasteiger partial charge in [-0.05, 0) is 25.0 Å². The van der Waals surface area contributed by atoms with E-state index in [1.165, 1.54) is 32.1 Å². The molecule has 3 nitrogen and oxygen atoms in total. The van der Waals surface area contributed by atoms with E-state index in [9.17, 15) is 0 Å². The molecule has 0 bridgehead atoms. The van der Waals surface area contributed by atoms with Crippen LogP contribution in [0.3, 0.4) is 0 Å². The van der Waals surface area contributed by atoms with Crippen LogP contribution in [-0.2, 0) is 0 Å². The van der Waals surface area contributed by atoms with Gasteiger partial charge in [0.15, 0.2) is 5.65 Å². The van der Waals surface area contributed by atoms with Crippen molar-refractivity contribution < 1.29 is 0 Å². The predicted molar refractivity (Wildman–Crippen MR) is 59.7 cm³/mol. The van der Waals surface area contributed by atoms with Gasteiger partial charge in [0.2, 0.25) is 0 Å². The topological polar surface area (TPSA) is 30.7 Å². The molecular weight excluding hydrogens is 186 g/mol. The lowest BCUT2D eigenvalue weighted by molar-refractivity contribution is 0.358. The number of rotatable bonds is 1. The average Bonchev–Trinajstić information content (AvgIpc) is 2.74. The van der Waals surface area contributed by atoms with Gasteiger partial charge in [-0.25, -0.2) is 9.97 Å². The smallest absolute Gasteiger partial charge is 0.160 e. The second-order valence-electron chi connectivity index (χ2n) is 4.29. The van der Waals surface area contributed by atoms with Crippen molar-refractivity contribution in [2.24, 2.45) is 0 Å². The fourth-order valence-electron chi connectivity index (χ4n) is 2.49. The fourth-order valence-corrected chi connectivity index (χ4v) is 2.49. The number of imidazole rings is 1. The van der Waals surface area contributed by atoms with Crippen LogP contribution in [0.4, 0.5) is 0 Å². The normalized spacial score (nSPS) is 18.4. The number of hydrogen-bond donors (Lipinski definition) is 0. The van der Waals surface area contributed by atoms with Gasteiger partial charge >= 0.3 is 0 Å². The molecule has 0 aliphatic heterocycles. The van der Waals surface area contributed by atoms with Crippen LogP contribution in [0.15, 0.2) is 24.7 Å². The molecule has 0 amide bonds. The molecule has 0 radical (unpaired) electrons. The molecule has 15 heavy (non-hydrogen) atoms. The molecule has 1 fully saturated rings. The van der Waals surface area contributed by atoms with Crippen molar-refractivity contribution in [3.8, 4) is 0 Å². The molecule has 78 valence electrons. The van der Waals surface area contributed by atoms with Gasteiger partial charge in [-0.2, -0.15) is 0 Å². The Balaban J connectivity index is 2.02. The molecule has 2 heterocycles. The summed E-state index contributed by atoms with van der Waals surface area (Å²) in [4.78, 5) is 8.81. The van der Waals surface area contributed by atoms with Crippen molar-refractivity contribution in [2.75, 3.05) is 0 Å². The van der Waals surface area contributed by atoms with Crippen molar-refractivity contribution in [3.05, 3.63) is 24.7 Å². The first-order chi connectivity index (χ1) is 7.45. The molecule has 1 aliphatic rings. The van der Waals surface area contributed by atoms with E-state index in [0.717, 1.165) is 11.2 Å². The van der Waals surface area contributed by atoms with Gasteiger partial charge in [-0.15, -0.1) is 0 Å². The van der Waals surface area contributed by atoms with Gasteiger partial charge in [0, 0.05) is 12.2 Å². The minimum Gasteiger partial charge on any atom is -0.312 e. The van der Waals surface area contributed by atoms with Crippen molar-refractivity contribution >= 4 is 11.2 Å². The molecule has 3 rings (SSSR count). The molecule has 2 aromatic rings.